The summed E-state index contributed by atoms with van der Waals surface area (Å²) in [6.45, 7) is 7.03. The molecule has 9 nitrogen and oxygen atoms in total. The van der Waals surface area contributed by atoms with Gasteiger partial charge in [-0.25, -0.2) is 4.79 Å². The van der Waals surface area contributed by atoms with Gasteiger partial charge in [0.25, 0.3) is 5.69 Å². The summed E-state index contributed by atoms with van der Waals surface area (Å²) in [6.07, 6.45) is -0.414. The van der Waals surface area contributed by atoms with Crippen LogP contribution in [0, 0.1) is 21.4 Å². The van der Waals surface area contributed by atoms with Crippen LogP contribution >= 0.6 is 0 Å². The quantitative estimate of drug-likeness (QED) is 0.558. The van der Waals surface area contributed by atoms with Crippen molar-refractivity contribution in [1.29, 1.82) is 5.26 Å². The summed E-state index contributed by atoms with van der Waals surface area (Å²) in [5.74, 6) is 0.204. The molecule has 0 unspecified atom stereocenters. The van der Waals surface area contributed by atoms with Crippen LogP contribution in [0.25, 0.3) is 0 Å². The topological polar surface area (TPSA) is 109 Å². The highest BCUT2D eigenvalue weighted by Crippen LogP contribution is 2.40. The standard InChI is InChI=1S/C17H20N4O5/c1-17(2,3)26-16(22)20-7-6-19-9-11(20)10-25-15-12(8-18)13(21(23)24)4-5-14(15)19/h4-5,11H,6-7,9-10H2,1-3H3/t11-/m0/s1. The van der Waals surface area contributed by atoms with Crippen LogP contribution in [0.3, 0.4) is 0 Å². The second kappa shape index (κ2) is 6.37. The molecule has 0 N–H and O–H groups in total. The Kier molecular flexibility index (Phi) is 4.36. The molecule has 2 heterocycles. The van der Waals surface area contributed by atoms with Crippen molar-refractivity contribution >= 4 is 17.5 Å². The zero-order valence-corrected chi connectivity index (χ0v) is 14.9. The zero-order valence-electron chi connectivity index (χ0n) is 14.9. The van der Waals surface area contributed by atoms with E-state index in [9.17, 15) is 20.2 Å². The first-order valence-corrected chi connectivity index (χ1v) is 8.30. The normalized spacial score (nSPS) is 18.9. The van der Waals surface area contributed by atoms with Gasteiger partial charge in [-0.05, 0) is 26.8 Å². The van der Waals surface area contributed by atoms with E-state index < -0.39 is 16.6 Å². The van der Waals surface area contributed by atoms with Crippen LogP contribution < -0.4 is 9.64 Å². The van der Waals surface area contributed by atoms with Crippen LogP contribution in [0.1, 0.15) is 26.3 Å². The fraction of sp³-hybridized carbons (Fsp3) is 0.529. The molecular weight excluding hydrogens is 340 g/mol. The van der Waals surface area contributed by atoms with E-state index in [0.29, 0.717) is 25.3 Å². The average Bonchev–Trinajstić information content (AvgIpc) is 2.69. The summed E-state index contributed by atoms with van der Waals surface area (Å²) in [5, 5.41) is 20.6. The Bertz CT molecular complexity index is 796. The molecular formula is C17H20N4O5. The van der Waals surface area contributed by atoms with Crippen LogP contribution in [0.15, 0.2) is 12.1 Å². The van der Waals surface area contributed by atoms with Crippen molar-refractivity contribution in [1.82, 2.24) is 4.90 Å². The van der Waals surface area contributed by atoms with E-state index in [2.05, 4.69) is 0 Å². The van der Waals surface area contributed by atoms with E-state index in [1.807, 2.05) is 11.0 Å². The van der Waals surface area contributed by atoms with E-state index >= 15 is 0 Å². The number of rotatable bonds is 1. The van der Waals surface area contributed by atoms with E-state index in [1.165, 1.54) is 6.07 Å². The molecule has 0 saturated carbocycles. The largest absolute Gasteiger partial charge is 0.488 e. The number of carbonyl (C=O) groups excluding carboxylic acids is 1. The van der Waals surface area contributed by atoms with Gasteiger partial charge in [-0.15, -0.1) is 0 Å². The number of nitrogens with zero attached hydrogens (tertiary/aromatic N) is 4. The van der Waals surface area contributed by atoms with Crippen molar-refractivity contribution in [2.24, 2.45) is 0 Å². The minimum absolute atomic E-state index is 0.0936. The molecule has 2 aliphatic rings. The Labute approximate surface area is 150 Å². The highest BCUT2D eigenvalue weighted by molar-refractivity contribution is 5.73. The molecule has 0 aromatic heterocycles. The number of fused-ring (bicyclic) bond motifs is 4. The number of hydrogen-bond acceptors (Lipinski definition) is 7. The van der Waals surface area contributed by atoms with Gasteiger partial charge in [-0.2, -0.15) is 5.26 Å². The molecule has 0 aliphatic carbocycles. The Morgan fingerprint density at radius 2 is 2.15 bits per heavy atom. The smallest absolute Gasteiger partial charge is 0.410 e. The van der Waals surface area contributed by atoms with Crippen molar-refractivity contribution in [3.05, 3.63) is 27.8 Å². The van der Waals surface area contributed by atoms with Crippen LogP contribution in [0.4, 0.5) is 16.2 Å². The third kappa shape index (κ3) is 3.22. The highest BCUT2D eigenvalue weighted by atomic mass is 16.6. The minimum atomic E-state index is -0.600. The summed E-state index contributed by atoms with van der Waals surface area (Å²) in [7, 11) is 0. The molecule has 1 atom stereocenters. The Morgan fingerprint density at radius 3 is 2.77 bits per heavy atom. The van der Waals surface area contributed by atoms with Gasteiger partial charge in [-0.3, -0.25) is 15.0 Å². The van der Waals surface area contributed by atoms with E-state index in [0.717, 1.165) is 0 Å². The molecule has 1 aromatic rings. The van der Waals surface area contributed by atoms with Crippen LogP contribution in [-0.2, 0) is 4.74 Å². The maximum atomic E-state index is 12.5. The number of piperazine rings is 1. The molecule has 1 aromatic carbocycles. The maximum absolute atomic E-state index is 12.5. The highest BCUT2D eigenvalue weighted by Gasteiger charge is 2.38. The van der Waals surface area contributed by atoms with E-state index in [-0.39, 0.29) is 29.6 Å². The average molecular weight is 360 g/mol. The van der Waals surface area contributed by atoms with Crippen LogP contribution in [0.2, 0.25) is 0 Å². The minimum Gasteiger partial charge on any atom is -0.488 e. The lowest BCUT2D eigenvalue weighted by molar-refractivity contribution is -0.385. The fourth-order valence-electron chi connectivity index (χ4n) is 3.17. The summed E-state index contributed by atoms with van der Waals surface area (Å²) >= 11 is 0. The molecule has 26 heavy (non-hydrogen) atoms. The fourth-order valence-corrected chi connectivity index (χ4v) is 3.17. The van der Waals surface area contributed by atoms with Gasteiger partial charge < -0.3 is 14.4 Å². The lowest BCUT2D eigenvalue weighted by Gasteiger charge is -2.40. The summed E-state index contributed by atoms with van der Waals surface area (Å²) in [4.78, 5) is 26.6. The lowest BCUT2D eigenvalue weighted by Crippen LogP contribution is -2.57. The first kappa shape index (κ1) is 17.8. The summed E-state index contributed by atoms with van der Waals surface area (Å²) in [6, 6.07) is 4.53. The maximum Gasteiger partial charge on any atom is 0.410 e. The summed E-state index contributed by atoms with van der Waals surface area (Å²) in [5.41, 5.74) is -0.340. The zero-order chi connectivity index (χ0) is 19.1. The van der Waals surface area contributed by atoms with E-state index in [1.54, 1.807) is 31.7 Å². The van der Waals surface area contributed by atoms with Gasteiger partial charge in [0.1, 0.15) is 18.3 Å². The monoisotopic (exact) mass is 360 g/mol. The molecule has 3 rings (SSSR count). The molecule has 1 saturated heterocycles. The second-order valence-corrected chi connectivity index (χ2v) is 7.26. The molecule has 1 amide bonds. The van der Waals surface area contributed by atoms with Gasteiger partial charge in [-0.1, -0.05) is 0 Å². The van der Waals surface area contributed by atoms with Crippen molar-refractivity contribution < 1.29 is 19.2 Å². The molecule has 0 spiro atoms. The Hall–Kier alpha value is -3.02. The predicted octanol–water partition coefficient (Wildman–Crippen LogP) is 2.28. The first-order valence-electron chi connectivity index (χ1n) is 8.30. The van der Waals surface area contributed by atoms with Gasteiger partial charge in [0.2, 0.25) is 0 Å². The number of carbonyl (C=O) groups is 1. The van der Waals surface area contributed by atoms with Crippen molar-refractivity contribution in [3.8, 4) is 11.8 Å². The molecule has 2 bridgehead atoms. The van der Waals surface area contributed by atoms with Gasteiger partial charge in [0.15, 0.2) is 11.3 Å². The number of anilines is 1. The summed E-state index contributed by atoms with van der Waals surface area (Å²) < 4.78 is 11.2. The van der Waals surface area contributed by atoms with Gasteiger partial charge in [0.05, 0.1) is 16.7 Å². The molecule has 0 radical (unpaired) electrons. The van der Waals surface area contributed by atoms with Crippen molar-refractivity contribution in [2.75, 3.05) is 31.1 Å². The predicted molar refractivity (Wildman–Crippen MR) is 92.2 cm³/mol. The Morgan fingerprint density at radius 1 is 1.42 bits per heavy atom. The third-order valence-corrected chi connectivity index (χ3v) is 4.29. The SMILES string of the molecule is CC(C)(C)OC(=O)N1CCN2C[C@H]1COc1c2ccc([N+](=O)[O-])c1C#N. The lowest BCUT2D eigenvalue weighted by atomic mass is 10.1. The van der Waals surface area contributed by atoms with E-state index in [4.69, 9.17) is 9.47 Å². The van der Waals surface area contributed by atoms with Crippen LogP contribution in [-0.4, -0.2) is 53.8 Å². The first-order chi connectivity index (χ1) is 12.2. The van der Waals surface area contributed by atoms with Crippen molar-refractivity contribution in [3.63, 3.8) is 0 Å². The number of ether oxygens (including phenoxy) is 2. The molecule has 2 aliphatic heterocycles. The molecule has 138 valence electrons. The van der Waals surface area contributed by atoms with Crippen LogP contribution in [0.5, 0.6) is 5.75 Å². The molecule has 1 fully saturated rings. The number of nitro groups is 1. The van der Waals surface area contributed by atoms with Gasteiger partial charge in [0, 0.05) is 25.7 Å². The molecule has 9 heteroatoms. The number of hydrogen-bond donors (Lipinski definition) is 0. The van der Waals surface area contributed by atoms with Crippen molar-refractivity contribution in [2.45, 2.75) is 32.4 Å². The second-order valence-electron chi connectivity index (χ2n) is 7.26. The number of nitro benzene ring substituents is 1. The van der Waals surface area contributed by atoms with Gasteiger partial charge >= 0.3 is 6.09 Å². The number of amides is 1. The number of benzene rings is 1. The third-order valence-electron chi connectivity index (χ3n) is 4.29. The number of nitriles is 1. The Balaban J connectivity index is 1.90.